The number of pyridine rings is 1. The van der Waals surface area contributed by atoms with Crippen molar-refractivity contribution >= 4 is 22.4 Å². The summed E-state index contributed by atoms with van der Waals surface area (Å²) in [5.41, 5.74) is 5.37. The van der Waals surface area contributed by atoms with Gasteiger partial charge in [-0.3, -0.25) is 0 Å². The van der Waals surface area contributed by atoms with Crippen LogP contribution in [0.3, 0.4) is 0 Å². The van der Waals surface area contributed by atoms with Crippen molar-refractivity contribution in [2.75, 3.05) is 0 Å². The van der Waals surface area contributed by atoms with Gasteiger partial charge in [0.25, 0.3) is 0 Å². The molecule has 0 amide bonds. The zero-order chi connectivity index (χ0) is 14.2. The molecule has 0 aliphatic rings. The number of aryl methyl sites for hydroxylation is 1. The molecule has 0 saturated carbocycles. The van der Waals surface area contributed by atoms with Gasteiger partial charge in [0.2, 0.25) is 0 Å². The van der Waals surface area contributed by atoms with Gasteiger partial charge >= 0.3 is 0 Å². The molecule has 0 spiro atoms. The van der Waals surface area contributed by atoms with Crippen molar-refractivity contribution in [3.05, 3.63) is 59.9 Å². The third-order valence-corrected chi connectivity index (χ3v) is 4.48. The predicted molar refractivity (Wildman–Crippen MR) is 87.4 cm³/mol. The molecule has 3 aromatic heterocycles. The Morgan fingerprint density at radius 2 is 1.95 bits per heavy atom. The second-order valence-corrected chi connectivity index (χ2v) is 5.84. The summed E-state index contributed by atoms with van der Waals surface area (Å²) >= 11 is 1.66. The minimum atomic E-state index is 0.900. The highest BCUT2D eigenvalue weighted by Crippen LogP contribution is 2.32. The monoisotopic (exact) mass is 291 g/mol. The lowest BCUT2D eigenvalue weighted by Gasteiger charge is -2.01. The molecular weight excluding hydrogens is 278 g/mol. The SMILES string of the molecule is Cc1csc(-c2c[nH]c3ncc(-c4ccccc4)cc23)n1. The number of hydrogen-bond acceptors (Lipinski definition) is 3. The minimum Gasteiger partial charge on any atom is -0.345 e. The Morgan fingerprint density at radius 3 is 2.71 bits per heavy atom. The van der Waals surface area contributed by atoms with E-state index in [0.717, 1.165) is 32.9 Å². The van der Waals surface area contributed by atoms with Crippen molar-refractivity contribution in [2.24, 2.45) is 0 Å². The molecule has 102 valence electrons. The summed E-state index contributed by atoms with van der Waals surface area (Å²) in [6.07, 6.45) is 3.90. The van der Waals surface area contributed by atoms with Crippen LogP contribution >= 0.6 is 11.3 Å². The first-order chi connectivity index (χ1) is 10.3. The maximum atomic E-state index is 4.58. The van der Waals surface area contributed by atoms with Gasteiger partial charge in [0.1, 0.15) is 10.7 Å². The molecule has 3 heterocycles. The van der Waals surface area contributed by atoms with Crippen LogP contribution in [-0.2, 0) is 0 Å². The van der Waals surface area contributed by atoms with Crippen LogP contribution in [0.25, 0.3) is 32.7 Å². The van der Waals surface area contributed by atoms with Gasteiger partial charge in [-0.2, -0.15) is 0 Å². The predicted octanol–water partition coefficient (Wildman–Crippen LogP) is 4.66. The lowest BCUT2D eigenvalue weighted by atomic mass is 10.1. The summed E-state index contributed by atoms with van der Waals surface area (Å²) < 4.78 is 0. The van der Waals surface area contributed by atoms with E-state index in [-0.39, 0.29) is 0 Å². The molecule has 1 N–H and O–H groups in total. The van der Waals surface area contributed by atoms with E-state index in [4.69, 9.17) is 0 Å². The highest BCUT2D eigenvalue weighted by atomic mass is 32.1. The van der Waals surface area contributed by atoms with Crippen molar-refractivity contribution in [1.29, 1.82) is 0 Å². The summed E-state index contributed by atoms with van der Waals surface area (Å²) in [5, 5.41) is 4.22. The number of nitrogens with zero attached hydrogens (tertiary/aromatic N) is 2. The molecule has 4 rings (SSSR count). The third kappa shape index (κ3) is 2.14. The topological polar surface area (TPSA) is 41.6 Å². The Kier molecular flexibility index (Phi) is 2.82. The van der Waals surface area contributed by atoms with Crippen molar-refractivity contribution in [2.45, 2.75) is 6.92 Å². The highest BCUT2D eigenvalue weighted by molar-refractivity contribution is 7.13. The number of hydrogen-bond donors (Lipinski definition) is 1. The van der Waals surface area contributed by atoms with E-state index in [1.165, 1.54) is 5.56 Å². The number of nitrogens with one attached hydrogen (secondary N) is 1. The van der Waals surface area contributed by atoms with Crippen LogP contribution in [-0.4, -0.2) is 15.0 Å². The van der Waals surface area contributed by atoms with Crippen LogP contribution in [0.2, 0.25) is 0 Å². The number of aromatic nitrogens is 3. The van der Waals surface area contributed by atoms with E-state index < -0.39 is 0 Å². The molecule has 0 saturated heterocycles. The highest BCUT2D eigenvalue weighted by Gasteiger charge is 2.11. The second-order valence-electron chi connectivity index (χ2n) is 4.98. The van der Waals surface area contributed by atoms with Crippen molar-refractivity contribution in [3.8, 4) is 21.7 Å². The van der Waals surface area contributed by atoms with Gasteiger partial charge in [-0.05, 0) is 18.6 Å². The lowest BCUT2D eigenvalue weighted by Crippen LogP contribution is -1.82. The molecule has 0 fully saturated rings. The Balaban J connectivity index is 1.90. The minimum absolute atomic E-state index is 0.900. The largest absolute Gasteiger partial charge is 0.345 e. The number of fused-ring (bicyclic) bond motifs is 1. The number of rotatable bonds is 2. The number of benzene rings is 1. The molecule has 1 aromatic carbocycles. The fourth-order valence-corrected chi connectivity index (χ4v) is 3.27. The van der Waals surface area contributed by atoms with Crippen LogP contribution in [0.1, 0.15) is 5.69 Å². The molecule has 0 aliphatic carbocycles. The molecular formula is C17H13N3S. The Morgan fingerprint density at radius 1 is 1.10 bits per heavy atom. The summed E-state index contributed by atoms with van der Waals surface area (Å²) in [6.45, 7) is 2.02. The first-order valence-electron chi connectivity index (χ1n) is 6.76. The average molecular weight is 291 g/mol. The van der Waals surface area contributed by atoms with Crippen LogP contribution in [0.15, 0.2) is 54.2 Å². The quantitative estimate of drug-likeness (QED) is 0.583. The molecule has 0 radical (unpaired) electrons. The molecule has 4 heteroatoms. The van der Waals surface area contributed by atoms with E-state index in [0.29, 0.717) is 0 Å². The van der Waals surface area contributed by atoms with Crippen molar-refractivity contribution in [3.63, 3.8) is 0 Å². The van der Waals surface area contributed by atoms with E-state index in [1.807, 2.05) is 37.5 Å². The molecule has 0 aliphatic heterocycles. The standard InChI is InChI=1S/C17H13N3S/c1-11-10-21-17(20-11)15-9-19-16-14(15)7-13(8-18-16)12-5-3-2-4-6-12/h2-10H,1H3,(H,18,19). The van der Waals surface area contributed by atoms with Gasteiger partial charge in [0.05, 0.1) is 0 Å². The van der Waals surface area contributed by atoms with Gasteiger partial charge in [-0.1, -0.05) is 30.3 Å². The Bertz CT molecular complexity index is 906. The maximum Gasteiger partial charge on any atom is 0.137 e. The van der Waals surface area contributed by atoms with Crippen LogP contribution in [0.4, 0.5) is 0 Å². The Labute approximate surface area is 126 Å². The van der Waals surface area contributed by atoms with E-state index in [2.05, 4.69) is 38.5 Å². The number of H-pyrrole nitrogens is 1. The van der Waals surface area contributed by atoms with Crippen LogP contribution in [0, 0.1) is 6.92 Å². The van der Waals surface area contributed by atoms with Gasteiger partial charge < -0.3 is 4.98 Å². The van der Waals surface area contributed by atoms with Crippen LogP contribution in [0.5, 0.6) is 0 Å². The summed E-state index contributed by atoms with van der Waals surface area (Å²) in [4.78, 5) is 12.3. The van der Waals surface area contributed by atoms with E-state index in [9.17, 15) is 0 Å². The first-order valence-corrected chi connectivity index (χ1v) is 7.64. The van der Waals surface area contributed by atoms with Crippen LogP contribution < -0.4 is 0 Å². The third-order valence-electron chi connectivity index (χ3n) is 3.49. The maximum absolute atomic E-state index is 4.58. The molecule has 0 bridgehead atoms. The number of aromatic amines is 1. The number of thiazole rings is 1. The van der Waals surface area contributed by atoms with E-state index >= 15 is 0 Å². The second kappa shape index (κ2) is 4.82. The lowest BCUT2D eigenvalue weighted by molar-refractivity contribution is 1.27. The fraction of sp³-hybridized carbons (Fsp3) is 0.0588. The zero-order valence-corrected chi connectivity index (χ0v) is 12.3. The summed E-state index contributed by atoms with van der Waals surface area (Å²) in [7, 11) is 0. The average Bonchev–Trinajstić information content (AvgIpc) is 3.13. The van der Waals surface area contributed by atoms with Gasteiger partial charge in [-0.15, -0.1) is 11.3 Å². The molecule has 4 aromatic rings. The zero-order valence-electron chi connectivity index (χ0n) is 11.5. The molecule has 0 atom stereocenters. The molecule has 3 nitrogen and oxygen atoms in total. The van der Waals surface area contributed by atoms with Crippen molar-refractivity contribution < 1.29 is 0 Å². The smallest absolute Gasteiger partial charge is 0.137 e. The van der Waals surface area contributed by atoms with Gasteiger partial charge in [-0.25, -0.2) is 9.97 Å². The first kappa shape index (κ1) is 12.3. The van der Waals surface area contributed by atoms with E-state index in [1.54, 1.807) is 11.3 Å². The normalized spacial score (nSPS) is 11.1. The summed E-state index contributed by atoms with van der Waals surface area (Å²) in [5.74, 6) is 0. The van der Waals surface area contributed by atoms with Gasteiger partial charge in [0, 0.05) is 40.0 Å². The molecule has 0 unspecified atom stereocenters. The van der Waals surface area contributed by atoms with Crippen molar-refractivity contribution in [1.82, 2.24) is 15.0 Å². The Hall–Kier alpha value is -2.46. The summed E-state index contributed by atoms with van der Waals surface area (Å²) in [6, 6.07) is 12.5. The fourth-order valence-electron chi connectivity index (χ4n) is 2.45. The molecule has 21 heavy (non-hydrogen) atoms. The van der Waals surface area contributed by atoms with Gasteiger partial charge in [0.15, 0.2) is 0 Å².